The highest BCUT2D eigenvalue weighted by Gasteiger charge is 2.11. The molecular weight excluding hydrogens is 462 g/mol. The molecule has 0 atom stereocenters. The summed E-state index contributed by atoms with van der Waals surface area (Å²) in [6.07, 6.45) is 1.35. The number of carboxylic acids is 1. The number of nitrogens with zero attached hydrogens (tertiary/aromatic N) is 1. The number of carbonyl (C=O) groups is 2. The van der Waals surface area contributed by atoms with Crippen LogP contribution < -0.4 is 10.7 Å². The summed E-state index contributed by atoms with van der Waals surface area (Å²) in [5.41, 5.74) is 4.62. The third-order valence-corrected chi connectivity index (χ3v) is 5.09. The van der Waals surface area contributed by atoms with E-state index in [2.05, 4.69) is 31.8 Å². The molecule has 148 valence electrons. The number of anilines is 1. The van der Waals surface area contributed by atoms with Gasteiger partial charge in [-0.3, -0.25) is 0 Å². The van der Waals surface area contributed by atoms with Crippen LogP contribution in [0.25, 0.3) is 11.3 Å². The molecule has 3 aromatic rings. The highest BCUT2D eigenvalue weighted by molar-refractivity contribution is 9.10. The molecule has 0 radical (unpaired) electrons. The lowest BCUT2D eigenvalue weighted by atomic mass is 10.1. The largest absolute Gasteiger partial charge is 0.478 e. The Hall–Kier alpha value is -3.10. The SMILES string of the molecule is Cc1cc(NC(=O)N/N=C/c2ccc(-c3ccc(C(=O)O)c(Cl)c3)o2)ccc1Br. The fourth-order valence-electron chi connectivity index (χ4n) is 2.46. The predicted molar refractivity (Wildman–Crippen MR) is 115 cm³/mol. The van der Waals surface area contributed by atoms with E-state index in [1.807, 2.05) is 19.1 Å². The molecule has 2 aromatic carbocycles. The van der Waals surface area contributed by atoms with Gasteiger partial charge in [-0.2, -0.15) is 5.10 Å². The number of aryl methyl sites for hydroxylation is 1. The lowest BCUT2D eigenvalue weighted by molar-refractivity contribution is 0.0697. The van der Waals surface area contributed by atoms with Gasteiger partial charge in [-0.05, 0) is 55.0 Å². The number of furan rings is 1. The second kappa shape index (κ2) is 8.93. The third-order valence-electron chi connectivity index (χ3n) is 3.88. The maximum atomic E-state index is 11.9. The van der Waals surface area contributed by atoms with E-state index in [0.29, 0.717) is 22.8 Å². The molecule has 3 N–H and O–H groups in total. The van der Waals surface area contributed by atoms with Crippen LogP contribution in [0.5, 0.6) is 0 Å². The monoisotopic (exact) mass is 475 g/mol. The highest BCUT2D eigenvalue weighted by atomic mass is 79.9. The minimum Gasteiger partial charge on any atom is -0.478 e. The first-order valence-electron chi connectivity index (χ1n) is 8.33. The molecule has 3 rings (SSSR count). The molecule has 0 saturated heterocycles. The van der Waals surface area contributed by atoms with E-state index in [4.69, 9.17) is 21.1 Å². The summed E-state index contributed by atoms with van der Waals surface area (Å²) in [7, 11) is 0. The van der Waals surface area contributed by atoms with Crippen molar-refractivity contribution < 1.29 is 19.1 Å². The number of nitrogens with one attached hydrogen (secondary N) is 2. The molecule has 9 heteroatoms. The van der Waals surface area contributed by atoms with Crippen molar-refractivity contribution in [2.75, 3.05) is 5.32 Å². The lowest BCUT2D eigenvalue weighted by Gasteiger charge is -2.06. The van der Waals surface area contributed by atoms with Gasteiger partial charge in [0.25, 0.3) is 0 Å². The number of halogens is 2. The first-order valence-corrected chi connectivity index (χ1v) is 9.50. The van der Waals surface area contributed by atoms with Crippen LogP contribution in [0.2, 0.25) is 5.02 Å². The number of carbonyl (C=O) groups excluding carboxylic acids is 1. The Morgan fingerprint density at radius 3 is 2.66 bits per heavy atom. The number of hydrogen-bond donors (Lipinski definition) is 3. The van der Waals surface area contributed by atoms with Crippen molar-refractivity contribution in [3.8, 4) is 11.3 Å². The van der Waals surface area contributed by atoms with Gasteiger partial charge in [0.05, 0.1) is 16.8 Å². The molecule has 0 bridgehead atoms. The number of hydrazone groups is 1. The molecule has 0 aliphatic carbocycles. The Morgan fingerprint density at radius 1 is 1.17 bits per heavy atom. The minimum absolute atomic E-state index is 0.0138. The molecule has 0 aliphatic heterocycles. The van der Waals surface area contributed by atoms with Crippen LogP contribution in [0.1, 0.15) is 21.7 Å². The van der Waals surface area contributed by atoms with E-state index in [-0.39, 0.29) is 10.6 Å². The molecule has 0 saturated carbocycles. The van der Waals surface area contributed by atoms with Gasteiger partial charge in [0.15, 0.2) is 0 Å². The molecule has 0 aliphatic rings. The van der Waals surface area contributed by atoms with Gasteiger partial charge in [0, 0.05) is 15.7 Å². The molecule has 0 fully saturated rings. The average Bonchev–Trinajstić information content (AvgIpc) is 3.13. The molecule has 29 heavy (non-hydrogen) atoms. The highest BCUT2D eigenvalue weighted by Crippen LogP contribution is 2.27. The second-order valence-electron chi connectivity index (χ2n) is 5.99. The molecule has 2 amide bonds. The Balaban J connectivity index is 1.61. The summed E-state index contributed by atoms with van der Waals surface area (Å²) in [5.74, 6) is -0.213. The minimum atomic E-state index is -1.10. The van der Waals surface area contributed by atoms with Gasteiger partial charge >= 0.3 is 12.0 Å². The van der Waals surface area contributed by atoms with E-state index < -0.39 is 12.0 Å². The zero-order valence-corrected chi connectivity index (χ0v) is 17.4. The van der Waals surface area contributed by atoms with Crippen LogP contribution in [0, 0.1) is 6.92 Å². The van der Waals surface area contributed by atoms with Gasteiger partial charge in [-0.15, -0.1) is 0 Å². The van der Waals surface area contributed by atoms with Crippen LogP contribution >= 0.6 is 27.5 Å². The van der Waals surface area contributed by atoms with E-state index in [1.54, 1.807) is 24.3 Å². The summed E-state index contributed by atoms with van der Waals surface area (Å²) in [5, 5.41) is 15.7. The number of hydrogen-bond acceptors (Lipinski definition) is 4. The van der Waals surface area contributed by atoms with Crippen molar-refractivity contribution in [3.05, 3.63) is 74.9 Å². The summed E-state index contributed by atoms with van der Waals surface area (Å²) < 4.78 is 6.57. The van der Waals surface area contributed by atoms with Gasteiger partial charge in [-0.1, -0.05) is 33.6 Å². The Bertz CT molecular complexity index is 1110. The molecule has 0 unspecified atom stereocenters. The van der Waals surface area contributed by atoms with Gasteiger partial charge in [0.1, 0.15) is 11.5 Å². The Morgan fingerprint density at radius 2 is 1.97 bits per heavy atom. The van der Waals surface area contributed by atoms with Crippen molar-refractivity contribution in [3.63, 3.8) is 0 Å². The number of aromatic carboxylic acids is 1. The summed E-state index contributed by atoms with van der Waals surface area (Å²) in [6.45, 7) is 1.92. The normalized spacial score (nSPS) is 10.9. The number of carboxylic acid groups (broad SMARTS) is 1. The molecular formula is C20H15BrClN3O4. The summed E-state index contributed by atoms with van der Waals surface area (Å²) >= 11 is 9.38. The van der Waals surface area contributed by atoms with Crippen molar-refractivity contribution in [2.24, 2.45) is 5.10 Å². The van der Waals surface area contributed by atoms with Crippen molar-refractivity contribution in [1.29, 1.82) is 0 Å². The molecule has 1 aromatic heterocycles. The smallest absolute Gasteiger partial charge is 0.339 e. The van der Waals surface area contributed by atoms with E-state index in [9.17, 15) is 9.59 Å². The van der Waals surface area contributed by atoms with Crippen LogP contribution in [-0.2, 0) is 0 Å². The van der Waals surface area contributed by atoms with Crippen LogP contribution in [-0.4, -0.2) is 23.3 Å². The second-order valence-corrected chi connectivity index (χ2v) is 7.25. The first-order chi connectivity index (χ1) is 13.8. The lowest BCUT2D eigenvalue weighted by Crippen LogP contribution is -2.24. The average molecular weight is 477 g/mol. The van der Waals surface area contributed by atoms with Crippen molar-refractivity contribution in [2.45, 2.75) is 6.92 Å². The Labute approximate surface area is 179 Å². The quantitative estimate of drug-likeness (QED) is 0.333. The number of rotatable bonds is 5. The maximum Gasteiger partial charge on any atom is 0.339 e. The fourth-order valence-corrected chi connectivity index (χ4v) is 2.96. The first kappa shape index (κ1) is 20.6. The van der Waals surface area contributed by atoms with E-state index in [0.717, 1.165) is 10.0 Å². The molecule has 0 spiro atoms. The van der Waals surface area contributed by atoms with Crippen LogP contribution in [0.15, 0.2) is 62.5 Å². The van der Waals surface area contributed by atoms with Gasteiger partial charge in [-0.25, -0.2) is 15.0 Å². The standard InChI is InChI=1S/C20H15BrClN3O4/c1-11-8-13(3-6-16(11)21)24-20(28)25-23-10-14-4-7-18(29-14)12-2-5-15(19(26)27)17(22)9-12/h2-10H,1H3,(H,26,27)(H2,24,25,28)/b23-10+. The third kappa shape index (κ3) is 5.24. The zero-order chi connectivity index (χ0) is 21.0. The van der Waals surface area contributed by atoms with Crippen molar-refractivity contribution >= 4 is 51.4 Å². The predicted octanol–water partition coefficient (Wildman–Crippen LogP) is 5.52. The van der Waals surface area contributed by atoms with E-state index in [1.165, 1.54) is 18.3 Å². The van der Waals surface area contributed by atoms with Crippen molar-refractivity contribution in [1.82, 2.24) is 5.43 Å². The van der Waals surface area contributed by atoms with Crippen LogP contribution in [0.3, 0.4) is 0 Å². The summed E-state index contributed by atoms with van der Waals surface area (Å²) in [4.78, 5) is 22.9. The van der Waals surface area contributed by atoms with Gasteiger partial charge in [0.2, 0.25) is 0 Å². The maximum absolute atomic E-state index is 11.9. The van der Waals surface area contributed by atoms with E-state index >= 15 is 0 Å². The number of benzene rings is 2. The number of urea groups is 1. The molecule has 7 nitrogen and oxygen atoms in total. The molecule has 1 heterocycles. The Kier molecular flexibility index (Phi) is 6.36. The van der Waals surface area contributed by atoms with Gasteiger partial charge < -0.3 is 14.8 Å². The number of amides is 2. The van der Waals surface area contributed by atoms with Crippen LogP contribution in [0.4, 0.5) is 10.5 Å². The topological polar surface area (TPSA) is 104 Å². The fraction of sp³-hybridized carbons (Fsp3) is 0.0500. The summed E-state index contributed by atoms with van der Waals surface area (Å²) in [6, 6.07) is 12.8. The zero-order valence-electron chi connectivity index (χ0n) is 15.1.